The van der Waals surface area contributed by atoms with E-state index in [0.717, 1.165) is 34.2 Å². The molecule has 32 heavy (non-hydrogen) atoms. The zero-order valence-electron chi connectivity index (χ0n) is 18.7. The van der Waals surface area contributed by atoms with Crippen LogP contribution in [0.1, 0.15) is 65.0 Å². The number of carbonyl (C=O) groups is 3. The number of hydrogen-bond donors (Lipinski definition) is 1. The molecule has 2 aliphatic heterocycles. The molecule has 0 spiro atoms. The van der Waals surface area contributed by atoms with Gasteiger partial charge in [-0.15, -0.1) is 0 Å². The first kappa shape index (κ1) is 20.7. The first-order valence-corrected chi connectivity index (χ1v) is 11.3. The van der Waals surface area contributed by atoms with E-state index in [9.17, 15) is 14.4 Å². The molecule has 5 rings (SSSR count). The molecular formula is C26H28N2O4. The molecule has 0 aromatic heterocycles. The van der Waals surface area contributed by atoms with E-state index in [1.165, 1.54) is 0 Å². The number of benzene rings is 2. The summed E-state index contributed by atoms with van der Waals surface area (Å²) < 4.78 is 5.56. The van der Waals surface area contributed by atoms with Crippen molar-refractivity contribution in [2.45, 2.75) is 45.1 Å². The molecule has 2 aromatic carbocycles. The second kappa shape index (κ2) is 7.47. The van der Waals surface area contributed by atoms with Gasteiger partial charge in [-0.2, -0.15) is 0 Å². The summed E-state index contributed by atoms with van der Waals surface area (Å²) in [5.41, 5.74) is 4.83. The van der Waals surface area contributed by atoms with Crippen molar-refractivity contribution in [2.75, 3.05) is 19.6 Å². The highest BCUT2D eigenvalue weighted by Gasteiger charge is 2.41. The minimum Gasteiger partial charge on any atom is -0.444 e. The lowest BCUT2D eigenvalue weighted by Crippen LogP contribution is -2.36. The third-order valence-corrected chi connectivity index (χ3v) is 6.68. The van der Waals surface area contributed by atoms with Crippen LogP contribution in [-0.2, 0) is 11.2 Å². The molecule has 0 saturated carbocycles. The standard InChI is InChI=1S/C26H28N2O4/c1-26(2,3)32-25(31)28-13-18-12-27-24(30)21-11-17(6-8-19(21)22(18)14-28)16-5-4-15-7-9-23(29)20(15)10-16/h4-6,8,10-11,18,22H,7,9,12-14H2,1-3H3,(H,27,30). The topological polar surface area (TPSA) is 75.7 Å². The van der Waals surface area contributed by atoms with Crippen molar-refractivity contribution in [3.8, 4) is 11.1 Å². The Morgan fingerprint density at radius 2 is 1.72 bits per heavy atom. The van der Waals surface area contributed by atoms with Crippen LogP contribution in [0.4, 0.5) is 4.79 Å². The van der Waals surface area contributed by atoms with E-state index in [1.807, 2.05) is 57.2 Å². The third kappa shape index (κ3) is 3.68. The van der Waals surface area contributed by atoms with Gasteiger partial charge >= 0.3 is 6.09 Å². The van der Waals surface area contributed by atoms with Gasteiger partial charge in [0.15, 0.2) is 5.78 Å². The highest BCUT2D eigenvalue weighted by atomic mass is 16.6. The van der Waals surface area contributed by atoms with E-state index < -0.39 is 5.60 Å². The first-order chi connectivity index (χ1) is 15.2. The maximum absolute atomic E-state index is 12.9. The fourth-order valence-corrected chi connectivity index (χ4v) is 5.10. The molecule has 1 N–H and O–H groups in total. The Labute approximate surface area is 187 Å². The van der Waals surface area contributed by atoms with Crippen LogP contribution in [0.5, 0.6) is 0 Å². The molecule has 0 bridgehead atoms. The fraction of sp³-hybridized carbons (Fsp3) is 0.423. The van der Waals surface area contributed by atoms with Gasteiger partial charge in [-0.25, -0.2) is 4.79 Å². The highest BCUT2D eigenvalue weighted by Crippen LogP contribution is 2.38. The Kier molecular flexibility index (Phi) is 4.84. The Balaban J connectivity index is 1.46. The van der Waals surface area contributed by atoms with Crippen molar-refractivity contribution in [2.24, 2.45) is 5.92 Å². The number of carbonyl (C=O) groups excluding carboxylic acids is 3. The maximum Gasteiger partial charge on any atom is 0.410 e. The second-order valence-corrected chi connectivity index (χ2v) is 10.1. The van der Waals surface area contributed by atoms with E-state index in [4.69, 9.17) is 4.74 Å². The van der Waals surface area contributed by atoms with Crippen LogP contribution in [0.3, 0.4) is 0 Å². The van der Waals surface area contributed by atoms with Crippen molar-refractivity contribution in [1.29, 1.82) is 0 Å². The number of aryl methyl sites for hydroxylation is 1. The van der Waals surface area contributed by atoms with Crippen LogP contribution in [0, 0.1) is 5.92 Å². The van der Waals surface area contributed by atoms with Crippen molar-refractivity contribution in [3.63, 3.8) is 0 Å². The monoisotopic (exact) mass is 432 g/mol. The predicted molar refractivity (Wildman–Crippen MR) is 121 cm³/mol. The van der Waals surface area contributed by atoms with Crippen LogP contribution in [0.25, 0.3) is 11.1 Å². The molecule has 2 unspecified atom stereocenters. The zero-order chi connectivity index (χ0) is 22.6. The van der Waals surface area contributed by atoms with Gasteiger partial charge in [-0.05, 0) is 61.6 Å². The summed E-state index contributed by atoms with van der Waals surface area (Å²) in [5.74, 6) is 0.325. The number of fused-ring (bicyclic) bond motifs is 4. The number of nitrogens with zero attached hydrogens (tertiary/aromatic N) is 1. The average Bonchev–Trinajstić information content (AvgIpc) is 3.31. The number of amides is 2. The molecule has 0 radical (unpaired) electrons. The number of Topliss-reactive ketones (excluding diaryl/α,β-unsaturated/α-hetero) is 1. The van der Waals surface area contributed by atoms with Gasteiger partial charge in [0, 0.05) is 49.0 Å². The van der Waals surface area contributed by atoms with Gasteiger partial charge in [0.25, 0.3) is 5.91 Å². The summed E-state index contributed by atoms with van der Waals surface area (Å²) in [4.78, 5) is 39.4. The molecule has 1 saturated heterocycles. The van der Waals surface area contributed by atoms with Gasteiger partial charge in [-0.3, -0.25) is 9.59 Å². The quantitative estimate of drug-likeness (QED) is 0.734. The Morgan fingerprint density at radius 3 is 2.47 bits per heavy atom. The summed E-state index contributed by atoms with van der Waals surface area (Å²) in [6, 6.07) is 11.9. The van der Waals surface area contributed by atoms with Gasteiger partial charge in [0.05, 0.1) is 0 Å². The maximum atomic E-state index is 12.9. The molecule has 6 nitrogen and oxygen atoms in total. The fourth-order valence-electron chi connectivity index (χ4n) is 5.10. The van der Waals surface area contributed by atoms with Crippen LogP contribution in [0.15, 0.2) is 36.4 Å². The molecular weight excluding hydrogens is 404 g/mol. The summed E-state index contributed by atoms with van der Waals surface area (Å²) in [7, 11) is 0. The number of ether oxygens (including phenoxy) is 1. The van der Waals surface area contributed by atoms with E-state index in [1.54, 1.807) is 4.90 Å². The largest absolute Gasteiger partial charge is 0.444 e. The average molecular weight is 433 g/mol. The summed E-state index contributed by atoms with van der Waals surface area (Å²) in [5, 5.41) is 3.04. The van der Waals surface area contributed by atoms with Crippen molar-refractivity contribution >= 4 is 17.8 Å². The minimum atomic E-state index is -0.542. The molecule has 2 aromatic rings. The lowest BCUT2D eigenvalue weighted by molar-refractivity contribution is 0.0286. The van der Waals surface area contributed by atoms with Crippen molar-refractivity contribution in [1.82, 2.24) is 10.2 Å². The number of likely N-dealkylation sites (tertiary alicyclic amines) is 1. The van der Waals surface area contributed by atoms with Gasteiger partial charge in [-0.1, -0.05) is 24.3 Å². The molecule has 2 amide bonds. The van der Waals surface area contributed by atoms with Gasteiger partial charge in [0.2, 0.25) is 0 Å². The lowest BCUT2D eigenvalue weighted by atomic mass is 9.86. The van der Waals surface area contributed by atoms with Gasteiger partial charge in [0.1, 0.15) is 5.60 Å². The van der Waals surface area contributed by atoms with E-state index in [-0.39, 0.29) is 29.6 Å². The van der Waals surface area contributed by atoms with E-state index in [2.05, 4.69) is 5.32 Å². The Bertz CT molecular complexity index is 1130. The third-order valence-electron chi connectivity index (χ3n) is 6.68. The molecule has 166 valence electrons. The van der Waals surface area contributed by atoms with Crippen LogP contribution >= 0.6 is 0 Å². The zero-order valence-corrected chi connectivity index (χ0v) is 18.7. The smallest absolute Gasteiger partial charge is 0.410 e. The van der Waals surface area contributed by atoms with Crippen molar-refractivity contribution in [3.05, 3.63) is 58.7 Å². The van der Waals surface area contributed by atoms with Crippen LogP contribution in [-0.4, -0.2) is 47.9 Å². The molecule has 3 aliphatic rings. The normalized spacial score (nSPS) is 22.0. The summed E-state index contributed by atoms with van der Waals surface area (Å²) >= 11 is 0. The van der Waals surface area contributed by atoms with Crippen LogP contribution in [0.2, 0.25) is 0 Å². The highest BCUT2D eigenvalue weighted by molar-refractivity contribution is 6.02. The number of hydrogen-bond acceptors (Lipinski definition) is 4. The Morgan fingerprint density at radius 1 is 1.00 bits per heavy atom. The Hall–Kier alpha value is -3.15. The van der Waals surface area contributed by atoms with Crippen molar-refractivity contribution < 1.29 is 19.1 Å². The minimum absolute atomic E-state index is 0.0760. The number of nitrogens with one attached hydrogen (secondary N) is 1. The molecule has 1 aliphatic carbocycles. The lowest BCUT2D eigenvalue weighted by Gasteiger charge is -2.24. The second-order valence-electron chi connectivity index (χ2n) is 10.1. The summed E-state index contributed by atoms with van der Waals surface area (Å²) in [6.45, 7) is 7.22. The van der Waals surface area contributed by atoms with Crippen LogP contribution < -0.4 is 5.32 Å². The SMILES string of the molecule is CC(C)(C)OC(=O)N1CC2CNC(=O)c3cc(-c4ccc5c(c4)C(=O)CC5)ccc3C2C1. The van der Waals surface area contributed by atoms with E-state index in [0.29, 0.717) is 31.6 Å². The van der Waals surface area contributed by atoms with E-state index >= 15 is 0 Å². The molecule has 1 fully saturated rings. The number of rotatable bonds is 1. The number of ketones is 1. The molecule has 2 atom stereocenters. The molecule has 6 heteroatoms. The predicted octanol–water partition coefficient (Wildman–Crippen LogP) is 4.18. The summed E-state index contributed by atoms with van der Waals surface area (Å²) in [6.07, 6.45) is 1.07. The molecule has 2 heterocycles. The first-order valence-electron chi connectivity index (χ1n) is 11.3. The van der Waals surface area contributed by atoms with Gasteiger partial charge < -0.3 is 15.0 Å².